The topological polar surface area (TPSA) is 160 Å². The van der Waals surface area contributed by atoms with Crippen LogP contribution in [0.5, 0.6) is 0 Å². The molecule has 0 saturated heterocycles. The van der Waals surface area contributed by atoms with Gasteiger partial charge in [0.05, 0.1) is 22.0 Å². The van der Waals surface area contributed by atoms with E-state index in [2.05, 4.69) is 14.8 Å². The van der Waals surface area contributed by atoms with Gasteiger partial charge in [-0.05, 0) is 19.4 Å². The summed E-state index contributed by atoms with van der Waals surface area (Å²) in [6.07, 6.45) is 0. The van der Waals surface area contributed by atoms with Crippen molar-refractivity contribution < 1.29 is 43.0 Å². The number of hydrogen-bond acceptors (Lipinski definition) is 11. The zero-order chi connectivity index (χ0) is 24.7. The van der Waals surface area contributed by atoms with Crippen LogP contribution in [0.3, 0.4) is 0 Å². The zero-order valence-corrected chi connectivity index (χ0v) is 18.3. The van der Waals surface area contributed by atoms with Gasteiger partial charge in [-0.2, -0.15) is 0 Å². The summed E-state index contributed by atoms with van der Waals surface area (Å²) in [5, 5.41) is 14.2. The molecular weight excluding hydrogens is 440 g/mol. The molecule has 0 radical (unpaired) electrons. The zero-order valence-electron chi connectivity index (χ0n) is 18.3. The molecule has 0 saturated carbocycles. The van der Waals surface area contributed by atoms with Gasteiger partial charge in [-0.1, -0.05) is 12.1 Å². The van der Waals surface area contributed by atoms with Crippen molar-refractivity contribution in [3.8, 4) is 0 Å². The van der Waals surface area contributed by atoms with E-state index in [1.54, 1.807) is 13.8 Å². The molecule has 12 heteroatoms. The summed E-state index contributed by atoms with van der Waals surface area (Å²) < 4.78 is 19.3. The SMILES string of the molecule is CC(=O)OCOC(=O)C1=C(C)NC(C)=C(C(=O)OCOC(C)=O)C1c1cccc([N+](=O)[O-])c1. The van der Waals surface area contributed by atoms with E-state index in [-0.39, 0.29) is 22.4 Å². The normalized spacial score (nSPS) is 13.7. The van der Waals surface area contributed by atoms with Crippen LogP contribution in [0.25, 0.3) is 0 Å². The van der Waals surface area contributed by atoms with Crippen LogP contribution < -0.4 is 5.32 Å². The number of carbonyl (C=O) groups excluding carboxylic acids is 4. The first kappa shape index (κ1) is 25.0. The molecule has 0 spiro atoms. The minimum absolute atomic E-state index is 0.0484. The van der Waals surface area contributed by atoms with Gasteiger partial charge < -0.3 is 24.3 Å². The van der Waals surface area contributed by atoms with Crippen LogP contribution in [0.15, 0.2) is 46.8 Å². The molecular formula is C21H22N2O10. The molecule has 1 aliphatic heterocycles. The number of hydrogen-bond donors (Lipinski definition) is 1. The van der Waals surface area contributed by atoms with Gasteiger partial charge in [-0.25, -0.2) is 9.59 Å². The fourth-order valence-corrected chi connectivity index (χ4v) is 3.17. The maximum absolute atomic E-state index is 12.9. The van der Waals surface area contributed by atoms with E-state index in [1.165, 1.54) is 24.3 Å². The molecule has 176 valence electrons. The van der Waals surface area contributed by atoms with Crippen molar-refractivity contribution in [3.05, 3.63) is 62.5 Å². The molecule has 0 unspecified atom stereocenters. The van der Waals surface area contributed by atoms with Crippen LogP contribution in [0.2, 0.25) is 0 Å². The molecule has 1 aromatic carbocycles. The second-order valence-corrected chi connectivity index (χ2v) is 6.86. The van der Waals surface area contributed by atoms with E-state index >= 15 is 0 Å². The Labute approximate surface area is 188 Å². The van der Waals surface area contributed by atoms with E-state index in [9.17, 15) is 29.3 Å². The van der Waals surface area contributed by atoms with Crippen molar-refractivity contribution in [1.82, 2.24) is 5.32 Å². The molecule has 1 N–H and O–H groups in total. The van der Waals surface area contributed by atoms with E-state index in [0.29, 0.717) is 11.4 Å². The Bertz CT molecular complexity index is 1000. The fraction of sp³-hybridized carbons (Fsp3) is 0.333. The van der Waals surface area contributed by atoms with E-state index < -0.39 is 48.3 Å². The predicted molar refractivity (Wildman–Crippen MR) is 110 cm³/mol. The first-order valence-electron chi connectivity index (χ1n) is 9.56. The molecule has 0 aromatic heterocycles. The Morgan fingerprint density at radius 3 is 1.82 bits per heavy atom. The maximum atomic E-state index is 12.9. The molecule has 1 aliphatic rings. The Morgan fingerprint density at radius 1 is 0.909 bits per heavy atom. The Hall–Kier alpha value is -4.22. The lowest BCUT2D eigenvalue weighted by Crippen LogP contribution is -2.33. The average Bonchev–Trinajstić information content (AvgIpc) is 2.72. The lowest BCUT2D eigenvalue weighted by Gasteiger charge is -2.30. The number of esters is 4. The molecule has 1 heterocycles. The van der Waals surface area contributed by atoms with Crippen LogP contribution in [0.4, 0.5) is 5.69 Å². The second-order valence-electron chi connectivity index (χ2n) is 6.86. The maximum Gasteiger partial charge on any atom is 0.339 e. The number of rotatable bonds is 8. The number of nitrogens with one attached hydrogen (secondary N) is 1. The highest BCUT2D eigenvalue weighted by Crippen LogP contribution is 2.40. The monoisotopic (exact) mass is 462 g/mol. The third kappa shape index (κ3) is 6.38. The molecule has 0 atom stereocenters. The summed E-state index contributed by atoms with van der Waals surface area (Å²) in [6.45, 7) is 4.04. The smallest absolute Gasteiger partial charge is 0.339 e. The third-order valence-electron chi connectivity index (χ3n) is 4.52. The number of nitro benzene ring substituents is 1. The summed E-state index contributed by atoms with van der Waals surface area (Å²) in [5.74, 6) is -4.31. The van der Waals surface area contributed by atoms with Crippen molar-refractivity contribution in [2.24, 2.45) is 0 Å². The minimum Gasteiger partial charge on any atom is -0.428 e. The van der Waals surface area contributed by atoms with Gasteiger partial charge in [0.2, 0.25) is 13.6 Å². The highest BCUT2D eigenvalue weighted by Gasteiger charge is 2.38. The van der Waals surface area contributed by atoms with Gasteiger partial charge in [0.25, 0.3) is 5.69 Å². The van der Waals surface area contributed by atoms with Crippen LogP contribution in [0, 0.1) is 10.1 Å². The van der Waals surface area contributed by atoms with Gasteiger partial charge in [0.1, 0.15) is 0 Å². The Balaban J connectivity index is 2.52. The largest absolute Gasteiger partial charge is 0.428 e. The molecule has 33 heavy (non-hydrogen) atoms. The molecule has 12 nitrogen and oxygen atoms in total. The lowest BCUT2D eigenvalue weighted by atomic mass is 9.80. The predicted octanol–water partition coefficient (Wildman–Crippen LogP) is 1.96. The van der Waals surface area contributed by atoms with E-state index in [0.717, 1.165) is 13.8 Å². The highest BCUT2D eigenvalue weighted by molar-refractivity contribution is 6.00. The van der Waals surface area contributed by atoms with Crippen molar-refractivity contribution in [3.63, 3.8) is 0 Å². The third-order valence-corrected chi connectivity index (χ3v) is 4.52. The van der Waals surface area contributed by atoms with Crippen LogP contribution >= 0.6 is 0 Å². The van der Waals surface area contributed by atoms with Gasteiger partial charge in [-0.15, -0.1) is 0 Å². The van der Waals surface area contributed by atoms with Crippen LogP contribution in [-0.4, -0.2) is 42.4 Å². The molecule has 1 aromatic rings. The van der Waals surface area contributed by atoms with Gasteiger partial charge in [-0.3, -0.25) is 19.7 Å². The summed E-state index contributed by atoms with van der Waals surface area (Å²) in [7, 11) is 0. The Morgan fingerprint density at radius 2 is 1.39 bits per heavy atom. The standard InChI is InChI=1S/C21H22N2O10/c1-11-17(20(26)32-9-30-13(3)24)19(15-6-5-7-16(8-15)23(28)29)18(12(2)22-11)21(27)33-10-31-14(4)25/h5-8,19,22H,9-10H2,1-4H3. The number of benzene rings is 1. The first-order chi connectivity index (χ1) is 15.5. The number of allylic oxidation sites excluding steroid dienone is 2. The lowest BCUT2D eigenvalue weighted by molar-refractivity contribution is -0.384. The number of non-ortho nitro benzene ring substituents is 1. The van der Waals surface area contributed by atoms with Crippen molar-refractivity contribution in [1.29, 1.82) is 0 Å². The second kappa shape index (κ2) is 10.9. The van der Waals surface area contributed by atoms with Gasteiger partial charge in [0, 0.05) is 37.4 Å². The van der Waals surface area contributed by atoms with Crippen LogP contribution in [-0.2, 0) is 38.1 Å². The van der Waals surface area contributed by atoms with Gasteiger partial charge in [0.15, 0.2) is 0 Å². The number of nitro groups is 1. The summed E-state index contributed by atoms with van der Waals surface area (Å²) in [5.41, 5.74) is 0.506. The highest BCUT2D eigenvalue weighted by atomic mass is 16.7. The molecule has 0 fully saturated rings. The molecule has 0 bridgehead atoms. The number of nitrogens with zero attached hydrogens (tertiary/aromatic N) is 1. The molecule has 0 aliphatic carbocycles. The number of dihydropyridines is 1. The fourth-order valence-electron chi connectivity index (χ4n) is 3.17. The molecule has 0 amide bonds. The first-order valence-corrected chi connectivity index (χ1v) is 9.56. The minimum atomic E-state index is -1.12. The van der Waals surface area contributed by atoms with Gasteiger partial charge >= 0.3 is 23.9 Å². The van der Waals surface area contributed by atoms with E-state index in [4.69, 9.17) is 9.47 Å². The summed E-state index contributed by atoms with van der Waals surface area (Å²) >= 11 is 0. The van der Waals surface area contributed by atoms with Crippen molar-refractivity contribution in [2.75, 3.05) is 13.6 Å². The van der Waals surface area contributed by atoms with Crippen molar-refractivity contribution >= 4 is 29.6 Å². The number of ether oxygens (including phenoxy) is 4. The quantitative estimate of drug-likeness (QED) is 0.260. The van der Waals surface area contributed by atoms with Crippen LogP contribution in [0.1, 0.15) is 39.2 Å². The average molecular weight is 462 g/mol. The van der Waals surface area contributed by atoms with E-state index in [1.807, 2.05) is 0 Å². The Kier molecular flexibility index (Phi) is 8.26. The summed E-state index contributed by atoms with van der Waals surface area (Å²) in [4.78, 5) is 58.4. The summed E-state index contributed by atoms with van der Waals surface area (Å²) in [6, 6.07) is 5.39. The number of carbonyl (C=O) groups is 4. The molecule has 2 rings (SSSR count). The van der Waals surface area contributed by atoms with Crippen molar-refractivity contribution in [2.45, 2.75) is 33.6 Å².